The number of amides is 3. The van der Waals surface area contributed by atoms with Crippen molar-refractivity contribution in [3.8, 4) is 6.07 Å². The van der Waals surface area contributed by atoms with E-state index in [4.69, 9.17) is 0 Å². The second kappa shape index (κ2) is 9.69. The molecule has 41 heavy (non-hydrogen) atoms. The first-order chi connectivity index (χ1) is 20.0. The Morgan fingerprint density at radius 3 is 2.71 bits per heavy atom. The lowest BCUT2D eigenvalue weighted by molar-refractivity contribution is -0.135. The maximum Gasteiger partial charge on any atom is 0.261 e. The molecule has 1 atom stereocenters. The predicted molar refractivity (Wildman–Crippen MR) is 149 cm³/mol. The van der Waals surface area contributed by atoms with Gasteiger partial charge in [-0.1, -0.05) is 18.2 Å². The van der Waals surface area contributed by atoms with Crippen LogP contribution in [0.25, 0.3) is 27.7 Å². The monoisotopic (exact) mass is 549 g/mol. The summed E-state index contributed by atoms with van der Waals surface area (Å²) in [6.07, 6.45) is 4.90. The largest absolute Gasteiger partial charge is 0.396 e. The molecule has 0 radical (unpaired) electrons. The number of fused-ring (bicyclic) bond motifs is 1. The maximum atomic E-state index is 13.5. The van der Waals surface area contributed by atoms with Gasteiger partial charge in [0.25, 0.3) is 11.8 Å². The highest BCUT2D eigenvalue weighted by atomic mass is 16.3. The van der Waals surface area contributed by atoms with Crippen molar-refractivity contribution in [2.75, 3.05) is 19.7 Å². The Morgan fingerprint density at radius 2 is 1.93 bits per heavy atom. The normalized spacial score (nSPS) is 19.6. The first-order valence-corrected chi connectivity index (χ1v) is 13.7. The topological polar surface area (TPSA) is 145 Å². The van der Waals surface area contributed by atoms with E-state index in [9.17, 15) is 24.8 Å². The van der Waals surface area contributed by atoms with Gasteiger partial charge >= 0.3 is 0 Å². The number of carbonyl (C=O) groups is 3. The summed E-state index contributed by atoms with van der Waals surface area (Å²) in [5.41, 5.74) is 4.16. The summed E-state index contributed by atoms with van der Waals surface area (Å²) in [5.74, 6) is -0.825. The Kier molecular flexibility index (Phi) is 5.96. The molecule has 6 heterocycles. The van der Waals surface area contributed by atoms with Crippen LogP contribution in [0.4, 0.5) is 0 Å². The molecule has 0 bridgehead atoms. The Labute approximate surface area is 234 Å². The van der Waals surface area contributed by atoms with E-state index in [1.165, 1.54) is 0 Å². The third-order valence-electron chi connectivity index (χ3n) is 8.52. The molecule has 1 unspecified atom stereocenters. The van der Waals surface area contributed by atoms with Crippen LogP contribution in [-0.2, 0) is 27.5 Å². The Morgan fingerprint density at radius 1 is 1.12 bits per heavy atom. The molecule has 3 N–H and O–H groups in total. The number of nitriles is 1. The number of aliphatic hydroxyl groups is 1. The van der Waals surface area contributed by atoms with E-state index in [2.05, 4.69) is 21.7 Å². The van der Waals surface area contributed by atoms with Crippen molar-refractivity contribution < 1.29 is 19.5 Å². The van der Waals surface area contributed by atoms with Crippen molar-refractivity contribution in [1.82, 2.24) is 29.5 Å². The number of aliphatic hydroxyl groups excluding tert-OH is 1. The molecule has 0 spiro atoms. The summed E-state index contributed by atoms with van der Waals surface area (Å²) in [6.45, 7) is 1.97. The number of pyridine rings is 1. The number of nitrogens with zero attached hydrogens (tertiary/aromatic N) is 5. The highest BCUT2D eigenvalue weighted by Crippen LogP contribution is 2.38. The molecule has 0 saturated carbocycles. The fraction of sp³-hybridized carbons (Fsp3) is 0.300. The minimum Gasteiger partial charge on any atom is -0.396 e. The van der Waals surface area contributed by atoms with Crippen molar-refractivity contribution in [3.63, 3.8) is 0 Å². The van der Waals surface area contributed by atoms with E-state index in [-0.39, 0.29) is 36.1 Å². The van der Waals surface area contributed by atoms with Crippen LogP contribution in [0, 0.1) is 17.2 Å². The van der Waals surface area contributed by atoms with E-state index in [1.54, 1.807) is 22.9 Å². The summed E-state index contributed by atoms with van der Waals surface area (Å²) in [6, 6.07) is 12.7. The van der Waals surface area contributed by atoms with Crippen molar-refractivity contribution >= 4 is 45.4 Å². The molecule has 1 aromatic carbocycles. The van der Waals surface area contributed by atoms with Crippen LogP contribution < -0.4 is 10.6 Å². The average Bonchev–Trinajstić information content (AvgIpc) is 3.62. The van der Waals surface area contributed by atoms with Crippen LogP contribution in [0.1, 0.15) is 35.4 Å². The molecular weight excluding hydrogens is 522 g/mol. The van der Waals surface area contributed by atoms with Crippen molar-refractivity contribution in [1.29, 1.82) is 5.26 Å². The molecule has 3 aromatic heterocycles. The number of aromatic nitrogens is 3. The van der Waals surface area contributed by atoms with Gasteiger partial charge in [0.15, 0.2) is 0 Å². The van der Waals surface area contributed by atoms with Gasteiger partial charge in [-0.2, -0.15) is 5.26 Å². The van der Waals surface area contributed by atoms with Crippen LogP contribution in [0.5, 0.6) is 0 Å². The van der Waals surface area contributed by atoms with Crippen molar-refractivity contribution in [3.05, 3.63) is 71.3 Å². The van der Waals surface area contributed by atoms with E-state index in [0.717, 1.165) is 23.9 Å². The second-order valence-corrected chi connectivity index (χ2v) is 10.8. The van der Waals surface area contributed by atoms with Crippen molar-refractivity contribution in [2.45, 2.75) is 32.0 Å². The number of carbonyl (C=O) groups excluding carboxylic acids is 3. The third-order valence-corrected chi connectivity index (χ3v) is 8.52. The molecule has 206 valence electrons. The molecule has 7 rings (SSSR count). The lowest BCUT2D eigenvalue weighted by Crippen LogP contribution is -2.50. The fourth-order valence-corrected chi connectivity index (χ4v) is 6.37. The predicted octanol–water partition coefficient (Wildman–Crippen LogP) is 1.43. The molecule has 11 nitrogen and oxygen atoms in total. The summed E-state index contributed by atoms with van der Waals surface area (Å²) < 4.78 is 3.61. The Hall–Kier alpha value is -4.79. The smallest absolute Gasteiger partial charge is 0.261 e. The number of piperidine rings is 1. The van der Waals surface area contributed by atoms with Crippen LogP contribution in [0.3, 0.4) is 0 Å². The van der Waals surface area contributed by atoms with Crippen LogP contribution in [0.15, 0.2) is 48.8 Å². The van der Waals surface area contributed by atoms with E-state index in [0.29, 0.717) is 47.6 Å². The van der Waals surface area contributed by atoms with E-state index < -0.39 is 17.9 Å². The maximum absolute atomic E-state index is 13.5. The van der Waals surface area contributed by atoms with Gasteiger partial charge in [-0.05, 0) is 48.1 Å². The summed E-state index contributed by atoms with van der Waals surface area (Å²) in [5, 5.41) is 26.1. The van der Waals surface area contributed by atoms with Gasteiger partial charge in [-0.3, -0.25) is 24.1 Å². The first kappa shape index (κ1) is 25.2. The molecule has 3 aliphatic heterocycles. The molecule has 0 aliphatic carbocycles. The molecular formula is C30H27N7O4. The zero-order valence-corrected chi connectivity index (χ0v) is 22.1. The first-order valence-electron chi connectivity index (χ1n) is 13.7. The number of nitrogens with one attached hydrogen (secondary N) is 2. The van der Waals surface area contributed by atoms with E-state index >= 15 is 0 Å². The number of imide groups is 1. The van der Waals surface area contributed by atoms with Crippen molar-refractivity contribution in [2.24, 2.45) is 5.92 Å². The fourth-order valence-electron chi connectivity index (χ4n) is 6.37. The van der Waals surface area contributed by atoms with Gasteiger partial charge < -0.3 is 19.9 Å². The standard InChI is InChI=1S/C30H27N7O4/c31-12-19-11-21-20(25-26(29(40)34-28(25)39)23-14-33-24-3-1-2-8-36(23)24)5-4-18-13-32-22(15-37(19)27(18)21)30(41)35-9-6-17(16-38)7-10-35/h1-5,8,11,14,17,22,32,38H,6-7,9-10,13,15-16H2,(H,34,39,40). The summed E-state index contributed by atoms with van der Waals surface area (Å²) in [4.78, 5) is 46.1. The highest BCUT2D eigenvalue weighted by molar-refractivity contribution is 6.49. The summed E-state index contributed by atoms with van der Waals surface area (Å²) >= 11 is 0. The number of benzene rings is 1. The highest BCUT2D eigenvalue weighted by Gasteiger charge is 2.36. The van der Waals surface area contributed by atoms with Gasteiger partial charge in [0.05, 0.1) is 28.6 Å². The number of imidazole rings is 1. The zero-order chi connectivity index (χ0) is 28.2. The molecule has 3 aliphatic rings. The third kappa shape index (κ3) is 3.95. The van der Waals surface area contributed by atoms with Gasteiger partial charge in [0.2, 0.25) is 5.91 Å². The minimum absolute atomic E-state index is 0.0291. The number of hydrogen-bond donors (Lipinski definition) is 3. The van der Waals surface area contributed by atoms with Gasteiger partial charge in [-0.15, -0.1) is 0 Å². The lowest BCUT2D eigenvalue weighted by Gasteiger charge is -2.33. The van der Waals surface area contributed by atoms with Gasteiger partial charge in [-0.25, -0.2) is 4.98 Å². The molecule has 11 heteroatoms. The number of rotatable bonds is 4. The Balaban J connectivity index is 1.33. The molecule has 3 amide bonds. The summed E-state index contributed by atoms with van der Waals surface area (Å²) in [7, 11) is 0. The molecule has 4 aromatic rings. The molecule has 1 fully saturated rings. The van der Waals surface area contributed by atoms with Gasteiger partial charge in [0, 0.05) is 44.4 Å². The van der Waals surface area contributed by atoms with Crippen LogP contribution >= 0.6 is 0 Å². The zero-order valence-electron chi connectivity index (χ0n) is 22.1. The molecule has 1 saturated heterocycles. The average molecular weight is 550 g/mol. The van der Waals surface area contributed by atoms with Crippen LogP contribution in [-0.4, -0.2) is 67.4 Å². The SMILES string of the molecule is N#Cc1cc2c(C3=C(c4cnc5ccccn45)C(=O)NC3=O)ccc3c2n1CC(C(=O)N1CCC(CO)CC1)NC3. The number of likely N-dealkylation sites (tertiary alicyclic amines) is 1. The van der Waals surface area contributed by atoms with E-state index in [1.807, 2.05) is 39.8 Å². The number of hydrogen-bond acceptors (Lipinski definition) is 7. The quantitative estimate of drug-likeness (QED) is 0.327. The van der Waals surface area contributed by atoms with Crippen LogP contribution in [0.2, 0.25) is 0 Å². The Bertz CT molecular complexity index is 1830. The second-order valence-electron chi connectivity index (χ2n) is 10.8. The van der Waals surface area contributed by atoms with Gasteiger partial charge in [0.1, 0.15) is 23.5 Å². The lowest BCUT2D eigenvalue weighted by atomic mass is 9.95. The minimum atomic E-state index is -0.538.